The van der Waals surface area contributed by atoms with Crippen LogP contribution in [0.4, 0.5) is 21.7 Å². The van der Waals surface area contributed by atoms with E-state index in [9.17, 15) is 9.18 Å². The zero-order chi connectivity index (χ0) is 21.3. The van der Waals surface area contributed by atoms with Crippen LogP contribution in [0.1, 0.15) is 36.5 Å². The van der Waals surface area contributed by atoms with Gasteiger partial charge in [-0.05, 0) is 49.6 Å². The lowest BCUT2D eigenvalue weighted by Gasteiger charge is -2.24. The number of amides is 1. The Bertz CT molecular complexity index is 1080. The summed E-state index contributed by atoms with van der Waals surface area (Å²) in [6, 6.07) is 10.1. The summed E-state index contributed by atoms with van der Waals surface area (Å²) in [5, 5.41) is 7.14. The summed E-state index contributed by atoms with van der Waals surface area (Å²) in [6.45, 7) is 1.89. The average molecular weight is 408 g/mol. The molecule has 30 heavy (non-hydrogen) atoms. The molecule has 7 nitrogen and oxygen atoms in total. The molecule has 2 heterocycles. The second kappa shape index (κ2) is 8.23. The van der Waals surface area contributed by atoms with Gasteiger partial charge >= 0.3 is 0 Å². The van der Waals surface area contributed by atoms with E-state index >= 15 is 0 Å². The topological polar surface area (TPSA) is 119 Å². The van der Waals surface area contributed by atoms with Gasteiger partial charge in [-0.1, -0.05) is 18.9 Å². The van der Waals surface area contributed by atoms with Crippen molar-refractivity contribution in [3.05, 3.63) is 54.0 Å². The van der Waals surface area contributed by atoms with Gasteiger partial charge in [0.25, 0.3) is 5.91 Å². The Kier molecular flexibility index (Phi) is 5.50. The fourth-order valence-corrected chi connectivity index (χ4v) is 3.46. The molecule has 0 saturated heterocycles. The van der Waals surface area contributed by atoms with Gasteiger partial charge in [0.1, 0.15) is 5.82 Å². The number of halogens is 1. The molecule has 8 heteroatoms. The minimum absolute atomic E-state index is 0.0242. The lowest BCUT2D eigenvalue weighted by atomic mass is 10.0. The van der Waals surface area contributed by atoms with Crippen LogP contribution in [0, 0.1) is 11.7 Å². The number of carbonyl (C=O) groups excluding carboxylic acids is 1. The first-order valence-electron chi connectivity index (χ1n) is 10.0. The number of fused-ring (bicyclic) bond motifs is 1. The summed E-state index contributed by atoms with van der Waals surface area (Å²) in [7, 11) is 0. The highest BCUT2D eigenvalue weighted by atomic mass is 19.1. The molecule has 1 aromatic carbocycles. The molecule has 2 aromatic heterocycles. The standard InChI is InChI=1S/C22H25FN6O/c1-12(24)19(9-13-4-5-13)28-22-17(23)11-16(20(25)30)21(29-22)27-15-6-7-18-14(10-15)3-2-8-26-18/h2-3,6-8,10-13,19H,4-5,9,24H2,1H3,(H2,25,30)(H2,27,28,29)/t12-,19+/m0/s1. The van der Waals surface area contributed by atoms with Gasteiger partial charge in [-0.15, -0.1) is 0 Å². The van der Waals surface area contributed by atoms with Gasteiger partial charge in [-0.25, -0.2) is 9.37 Å². The van der Waals surface area contributed by atoms with Gasteiger partial charge in [0.05, 0.1) is 11.1 Å². The molecule has 1 fully saturated rings. The Balaban J connectivity index is 1.65. The first kappa shape index (κ1) is 20.0. The summed E-state index contributed by atoms with van der Waals surface area (Å²) in [6.07, 6.45) is 4.92. The average Bonchev–Trinajstić information content (AvgIpc) is 3.53. The monoisotopic (exact) mass is 408 g/mol. The molecular weight excluding hydrogens is 383 g/mol. The summed E-state index contributed by atoms with van der Waals surface area (Å²) in [5.41, 5.74) is 13.1. The van der Waals surface area contributed by atoms with Gasteiger partial charge in [-0.3, -0.25) is 9.78 Å². The normalized spacial score (nSPS) is 15.6. The number of aromatic nitrogens is 2. The Morgan fingerprint density at radius 2 is 2.07 bits per heavy atom. The lowest BCUT2D eigenvalue weighted by Crippen LogP contribution is -2.39. The first-order valence-corrected chi connectivity index (χ1v) is 10.0. The van der Waals surface area contributed by atoms with Crippen molar-refractivity contribution in [2.45, 2.75) is 38.3 Å². The molecule has 1 aliphatic rings. The van der Waals surface area contributed by atoms with Gasteiger partial charge in [0.2, 0.25) is 0 Å². The molecule has 1 saturated carbocycles. The molecule has 0 bridgehead atoms. The van der Waals surface area contributed by atoms with E-state index in [1.807, 2.05) is 37.3 Å². The van der Waals surface area contributed by atoms with Crippen LogP contribution in [0.25, 0.3) is 10.9 Å². The summed E-state index contributed by atoms with van der Waals surface area (Å²) in [4.78, 5) is 20.5. The van der Waals surface area contributed by atoms with Crippen LogP contribution in [-0.4, -0.2) is 28.0 Å². The molecule has 156 valence electrons. The Morgan fingerprint density at radius 3 is 2.77 bits per heavy atom. The molecular formula is C22H25FN6O. The van der Waals surface area contributed by atoms with E-state index in [0.717, 1.165) is 23.4 Å². The number of hydrogen-bond acceptors (Lipinski definition) is 6. The minimum atomic E-state index is -0.764. The predicted octanol–water partition coefficient (Wildman–Crippen LogP) is 3.54. The van der Waals surface area contributed by atoms with E-state index in [2.05, 4.69) is 20.6 Å². The molecule has 2 atom stereocenters. The Morgan fingerprint density at radius 1 is 1.27 bits per heavy atom. The highest BCUT2D eigenvalue weighted by Gasteiger charge is 2.28. The number of hydrogen-bond donors (Lipinski definition) is 4. The maximum absolute atomic E-state index is 14.7. The van der Waals surface area contributed by atoms with Gasteiger partial charge in [0, 0.05) is 29.4 Å². The van der Waals surface area contributed by atoms with Crippen LogP contribution in [-0.2, 0) is 0 Å². The van der Waals surface area contributed by atoms with Crippen LogP contribution >= 0.6 is 0 Å². The third kappa shape index (κ3) is 4.49. The highest BCUT2D eigenvalue weighted by Crippen LogP contribution is 2.35. The van der Waals surface area contributed by atoms with E-state index in [4.69, 9.17) is 11.5 Å². The van der Waals surface area contributed by atoms with Crippen LogP contribution in [0.3, 0.4) is 0 Å². The smallest absolute Gasteiger partial charge is 0.252 e. The van der Waals surface area contributed by atoms with Crippen molar-refractivity contribution in [2.75, 3.05) is 10.6 Å². The van der Waals surface area contributed by atoms with E-state index in [-0.39, 0.29) is 29.3 Å². The Labute approximate surface area is 174 Å². The molecule has 6 N–H and O–H groups in total. The van der Waals surface area contributed by atoms with Crippen LogP contribution in [0.15, 0.2) is 42.6 Å². The highest BCUT2D eigenvalue weighted by molar-refractivity contribution is 5.99. The summed E-state index contributed by atoms with van der Waals surface area (Å²) >= 11 is 0. The van der Waals surface area contributed by atoms with Crippen molar-refractivity contribution in [2.24, 2.45) is 17.4 Å². The zero-order valence-electron chi connectivity index (χ0n) is 16.7. The minimum Gasteiger partial charge on any atom is -0.365 e. The van der Waals surface area contributed by atoms with Crippen LogP contribution in [0.2, 0.25) is 0 Å². The number of anilines is 3. The SMILES string of the molecule is C[C@H](N)[C@@H](CC1CC1)Nc1nc(Nc2ccc3ncccc3c2)c(C(N)=O)cc1F. The first-order chi connectivity index (χ1) is 14.4. The molecule has 4 rings (SSSR count). The van der Waals surface area contributed by atoms with Crippen molar-refractivity contribution < 1.29 is 9.18 Å². The van der Waals surface area contributed by atoms with Crippen molar-refractivity contribution in [3.8, 4) is 0 Å². The van der Waals surface area contributed by atoms with Crippen molar-refractivity contribution in [1.82, 2.24) is 9.97 Å². The number of nitrogens with zero attached hydrogens (tertiary/aromatic N) is 2. The Hall–Kier alpha value is -3.26. The molecule has 1 aliphatic carbocycles. The maximum atomic E-state index is 14.7. The number of nitrogens with two attached hydrogens (primary N) is 2. The third-order valence-electron chi connectivity index (χ3n) is 5.35. The quantitative estimate of drug-likeness (QED) is 0.453. The van der Waals surface area contributed by atoms with Crippen LogP contribution in [0.5, 0.6) is 0 Å². The van der Waals surface area contributed by atoms with Crippen molar-refractivity contribution >= 4 is 34.1 Å². The van der Waals surface area contributed by atoms with E-state index in [0.29, 0.717) is 11.6 Å². The molecule has 3 aromatic rings. The number of pyridine rings is 2. The van der Waals surface area contributed by atoms with E-state index in [1.54, 1.807) is 6.20 Å². The van der Waals surface area contributed by atoms with Gasteiger partial charge < -0.3 is 22.1 Å². The van der Waals surface area contributed by atoms with Gasteiger partial charge in [0.15, 0.2) is 11.6 Å². The predicted molar refractivity (Wildman–Crippen MR) is 116 cm³/mol. The zero-order valence-corrected chi connectivity index (χ0v) is 16.7. The molecule has 0 aliphatic heterocycles. The van der Waals surface area contributed by atoms with Gasteiger partial charge in [-0.2, -0.15) is 0 Å². The van der Waals surface area contributed by atoms with Crippen molar-refractivity contribution in [3.63, 3.8) is 0 Å². The lowest BCUT2D eigenvalue weighted by molar-refractivity contribution is 0.100. The number of nitrogens with one attached hydrogen (secondary N) is 2. The van der Waals surface area contributed by atoms with Crippen LogP contribution < -0.4 is 22.1 Å². The number of rotatable bonds is 8. The third-order valence-corrected chi connectivity index (χ3v) is 5.35. The summed E-state index contributed by atoms with van der Waals surface area (Å²) in [5.74, 6) is -0.555. The molecule has 1 amide bonds. The number of benzene rings is 1. The number of carbonyl (C=O) groups is 1. The van der Waals surface area contributed by atoms with E-state index in [1.165, 1.54) is 12.8 Å². The van der Waals surface area contributed by atoms with E-state index < -0.39 is 11.7 Å². The second-order valence-electron chi connectivity index (χ2n) is 7.90. The second-order valence-corrected chi connectivity index (χ2v) is 7.90. The number of primary amides is 1. The fourth-order valence-electron chi connectivity index (χ4n) is 3.46. The molecule has 0 radical (unpaired) electrons. The maximum Gasteiger partial charge on any atom is 0.252 e. The largest absolute Gasteiger partial charge is 0.365 e. The van der Waals surface area contributed by atoms with Crippen molar-refractivity contribution in [1.29, 1.82) is 0 Å². The molecule has 0 unspecified atom stereocenters. The fraction of sp³-hybridized carbons (Fsp3) is 0.318. The molecule has 0 spiro atoms. The summed E-state index contributed by atoms with van der Waals surface area (Å²) < 4.78 is 14.7.